The van der Waals surface area contributed by atoms with Crippen LogP contribution in [0.3, 0.4) is 0 Å². The number of likely N-dealkylation sites (tertiary alicyclic amines) is 2. The van der Waals surface area contributed by atoms with E-state index in [1.807, 2.05) is 20.8 Å². The monoisotopic (exact) mass is 269 g/mol. The number of carbonyl (C=O) groups excluding carboxylic acids is 1. The second kappa shape index (κ2) is 6.09. The van der Waals surface area contributed by atoms with Gasteiger partial charge in [0.25, 0.3) is 0 Å². The van der Waals surface area contributed by atoms with Gasteiger partial charge < -0.3 is 10.1 Å². The van der Waals surface area contributed by atoms with E-state index in [4.69, 9.17) is 4.74 Å². The highest BCUT2D eigenvalue weighted by Crippen LogP contribution is 2.19. The van der Waals surface area contributed by atoms with Crippen molar-refractivity contribution in [1.29, 1.82) is 0 Å². The lowest BCUT2D eigenvalue weighted by atomic mass is 10.1. The Morgan fingerprint density at radius 2 is 1.89 bits per heavy atom. The quantitative estimate of drug-likeness (QED) is 0.835. The molecule has 0 unspecified atom stereocenters. The molecule has 1 N–H and O–H groups in total. The molecule has 0 aliphatic carbocycles. The fraction of sp³-hybridized carbons (Fsp3) is 0.929. The number of alkyl carbamates (subject to hydrolysis) is 1. The lowest BCUT2D eigenvalue weighted by molar-refractivity contribution is 0.0410. The average molecular weight is 269 g/mol. The van der Waals surface area contributed by atoms with E-state index in [0.29, 0.717) is 6.54 Å². The van der Waals surface area contributed by atoms with Gasteiger partial charge in [-0.05, 0) is 46.7 Å². The molecular weight excluding hydrogens is 242 g/mol. The van der Waals surface area contributed by atoms with Gasteiger partial charge in [0.15, 0.2) is 0 Å². The topological polar surface area (TPSA) is 44.8 Å². The number of amides is 1. The third-order valence-electron chi connectivity index (χ3n) is 3.69. The number of nitrogens with one attached hydrogen (secondary N) is 1. The Labute approximate surface area is 116 Å². The standard InChI is InChI=1S/C14H27N3O2/c1-14(2,3)19-13(18)15-6-9-16-10-12(11-16)17-7-4-5-8-17/h12H,4-11H2,1-3H3,(H,15,18). The van der Waals surface area contributed by atoms with E-state index in [1.54, 1.807) is 0 Å². The van der Waals surface area contributed by atoms with Gasteiger partial charge in [0.05, 0.1) is 0 Å². The largest absolute Gasteiger partial charge is 0.444 e. The average Bonchev–Trinajstić information content (AvgIpc) is 2.71. The highest BCUT2D eigenvalue weighted by Gasteiger charge is 2.32. The molecule has 5 heteroatoms. The van der Waals surface area contributed by atoms with Crippen molar-refractivity contribution in [3.05, 3.63) is 0 Å². The summed E-state index contributed by atoms with van der Waals surface area (Å²) in [6, 6.07) is 0.754. The van der Waals surface area contributed by atoms with Gasteiger partial charge in [0.1, 0.15) is 5.60 Å². The molecule has 0 saturated carbocycles. The van der Waals surface area contributed by atoms with Crippen LogP contribution in [-0.2, 0) is 4.74 Å². The van der Waals surface area contributed by atoms with E-state index in [0.717, 1.165) is 25.7 Å². The van der Waals surface area contributed by atoms with E-state index in [1.165, 1.54) is 25.9 Å². The fourth-order valence-corrected chi connectivity index (χ4v) is 2.69. The minimum atomic E-state index is -0.415. The molecule has 5 nitrogen and oxygen atoms in total. The summed E-state index contributed by atoms with van der Waals surface area (Å²) in [5, 5.41) is 2.81. The van der Waals surface area contributed by atoms with Gasteiger partial charge in [-0.2, -0.15) is 0 Å². The van der Waals surface area contributed by atoms with Crippen molar-refractivity contribution in [2.45, 2.75) is 45.3 Å². The molecule has 0 aromatic carbocycles. The van der Waals surface area contributed by atoms with Crippen LogP contribution in [-0.4, -0.2) is 66.8 Å². The molecule has 0 spiro atoms. The zero-order valence-corrected chi connectivity index (χ0v) is 12.4. The summed E-state index contributed by atoms with van der Waals surface area (Å²) in [6.07, 6.45) is 2.40. The summed E-state index contributed by atoms with van der Waals surface area (Å²) in [7, 11) is 0. The van der Waals surface area contributed by atoms with Crippen LogP contribution < -0.4 is 5.32 Å². The first-order valence-electron chi connectivity index (χ1n) is 7.37. The second-order valence-electron chi connectivity index (χ2n) is 6.59. The van der Waals surface area contributed by atoms with Crippen LogP contribution in [0.15, 0.2) is 0 Å². The number of carbonyl (C=O) groups is 1. The van der Waals surface area contributed by atoms with Crippen LogP contribution in [0.2, 0.25) is 0 Å². The third-order valence-corrected chi connectivity index (χ3v) is 3.69. The molecule has 110 valence electrons. The van der Waals surface area contributed by atoms with E-state index in [9.17, 15) is 4.79 Å². The minimum absolute atomic E-state index is 0.316. The molecule has 0 radical (unpaired) electrons. The fourth-order valence-electron chi connectivity index (χ4n) is 2.69. The molecule has 0 aromatic rings. The second-order valence-corrected chi connectivity index (χ2v) is 6.59. The first-order chi connectivity index (χ1) is 8.94. The lowest BCUT2D eigenvalue weighted by Gasteiger charge is -2.44. The molecule has 2 heterocycles. The molecule has 2 rings (SSSR count). The van der Waals surface area contributed by atoms with Gasteiger partial charge in [0, 0.05) is 32.2 Å². The molecule has 19 heavy (non-hydrogen) atoms. The van der Waals surface area contributed by atoms with E-state index in [-0.39, 0.29) is 6.09 Å². The summed E-state index contributed by atoms with van der Waals surface area (Å²) in [4.78, 5) is 16.4. The predicted octanol–water partition coefficient (Wildman–Crippen LogP) is 1.29. The van der Waals surface area contributed by atoms with Crippen molar-refractivity contribution in [2.24, 2.45) is 0 Å². The number of hydrogen-bond donors (Lipinski definition) is 1. The number of nitrogens with zero attached hydrogens (tertiary/aromatic N) is 2. The summed E-state index contributed by atoms with van der Waals surface area (Å²) in [5.41, 5.74) is -0.415. The van der Waals surface area contributed by atoms with Crippen LogP contribution in [0.25, 0.3) is 0 Å². The molecule has 0 atom stereocenters. The smallest absolute Gasteiger partial charge is 0.407 e. The molecule has 1 amide bonds. The maximum absolute atomic E-state index is 11.5. The van der Waals surface area contributed by atoms with Gasteiger partial charge in [-0.1, -0.05) is 0 Å². The SMILES string of the molecule is CC(C)(C)OC(=O)NCCN1CC(N2CCCC2)C1. The van der Waals surface area contributed by atoms with E-state index < -0.39 is 5.60 Å². The number of hydrogen-bond acceptors (Lipinski definition) is 4. The predicted molar refractivity (Wildman–Crippen MR) is 75.3 cm³/mol. The summed E-state index contributed by atoms with van der Waals surface area (Å²) >= 11 is 0. The van der Waals surface area contributed by atoms with E-state index >= 15 is 0 Å². The summed E-state index contributed by atoms with van der Waals surface area (Å²) in [6.45, 7) is 12.1. The molecule has 2 saturated heterocycles. The van der Waals surface area contributed by atoms with Crippen LogP contribution in [0, 0.1) is 0 Å². The molecule has 2 aliphatic rings. The Kier molecular flexibility index (Phi) is 4.68. The number of rotatable bonds is 4. The Balaban J connectivity index is 1.52. The Bertz CT molecular complexity index is 302. The van der Waals surface area contributed by atoms with Crippen molar-refractivity contribution in [3.8, 4) is 0 Å². The third kappa shape index (κ3) is 4.66. The van der Waals surface area contributed by atoms with Gasteiger partial charge in [-0.3, -0.25) is 9.80 Å². The zero-order valence-electron chi connectivity index (χ0n) is 12.4. The summed E-state index contributed by atoms with van der Waals surface area (Å²) in [5.74, 6) is 0. The van der Waals surface area contributed by atoms with E-state index in [2.05, 4.69) is 15.1 Å². The van der Waals surface area contributed by atoms with Crippen molar-refractivity contribution < 1.29 is 9.53 Å². The maximum atomic E-state index is 11.5. The van der Waals surface area contributed by atoms with Crippen LogP contribution in [0.5, 0.6) is 0 Å². The van der Waals surface area contributed by atoms with Crippen LogP contribution in [0.4, 0.5) is 4.79 Å². The lowest BCUT2D eigenvalue weighted by Crippen LogP contribution is -2.59. The van der Waals surface area contributed by atoms with Gasteiger partial charge in [0.2, 0.25) is 0 Å². The molecule has 2 fully saturated rings. The van der Waals surface area contributed by atoms with Gasteiger partial charge >= 0.3 is 6.09 Å². The first kappa shape index (κ1) is 14.6. The van der Waals surface area contributed by atoms with Gasteiger partial charge in [-0.15, -0.1) is 0 Å². The molecular formula is C14H27N3O2. The first-order valence-corrected chi connectivity index (χ1v) is 7.37. The number of ether oxygens (including phenoxy) is 1. The summed E-state index contributed by atoms with van der Waals surface area (Å²) < 4.78 is 5.20. The normalized spacial score (nSPS) is 22.3. The highest BCUT2D eigenvalue weighted by molar-refractivity contribution is 5.67. The van der Waals surface area contributed by atoms with Crippen molar-refractivity contribution in [3.63, 3.8) is 0 Å². The van der Waals surface area contributed by atoms with Crippen molar-refractivity contribution in [1.82, 2.24) is 15.1 Å². The van der Waals surface area contributed by atoms with Crippen LogP contribution in [0.1, 0.15) is 33.6 Å². The van der Waals surface area contributed by atoms with Crippen molar-refractivity contribution in [2.75, 3.05) is 39.3 Å². The Morgan fingerprint density at radius 3 is 2.47 bits per heavy atom. The highest BCUT2D eigenvalue weighted by atomic mass is 16.6. The van der Waals surface area contributed by atoms with Crippen molar-refractivity contribution >= 4 is 6.09 Å². The molecule has 0 bridgehead atoms. The molecule has 0 aromatic heterocycles. The van der Waals surface area contributed by atoms with Gasteiger partial charge in [-0.25, -0.2) is 4.79 Å². The zero-order chi connectivity index (χ0) is 13.9. The molecule has 2 aliphatic heterocycles. The Hall–Kier alpha value is -0.810. The minimum Gasteiger partial charge on any atom is -0.444 e. The Morgan fingerprint density at radius 1 is 1.26 bits per heavy atom. The maximum Gasteiger partial charge on any atom is 0.407 e. The van der Waals surface area contributed by atoms with Crippen LogP contribution >= 0.6 is 0 Å².